The molecule has 3 aromatic rings. The number of nitrogens with zero attached hydrogens (tertiary/aromatic N) is 2. The van der Waals surface area contributed by atoms with Crippen molar-refractivity contribution < 1.29 is 9.36 Å². The number of aromatic nitrogens is 2. The first-order valence-electron chi connectivity index (χ1n) is 12.9. The van der Waals surface area contributed by atoms with Crippen LogP contribution in [-0.2, 0) is 16.8 Å². The summed E-state index contributed by atoms with van der Waals surface area (Å²) in [5.74, 6) is 1.98. The Hall–Kier alpha value is -2.88. The van der Waals surface area contributed by atoms with Crippen LogP contribution in [0.15, 0.2) is 73.1 Å². The van der Waals surface area contributed by atoms with Gasteiger partial charge in [-0.1, -0.05) is 80.9 Å². The first kappa shape index (κ1) is 24.3. The zero-order valence-corrected chi connectivity index (χ0v) is 21.0. The lowest BCUT2D eigenvalue weighted by molar-refractivity contribution is -0.703. The molecule has 0 saturated heterocycles. The highest BCUT2D eigenvalue weighted by atomic mass is 16.1. The molecule has 2 N–H and O–H groups in total. The van der Waals surface area contributed by atoms with E-state index in [1.165, 1.54) is 25.1 Å². The van der Waals surface area contributed by atoms with Crippen molar-refractivity contribution in [3.8, 4) is 0 Å². The number of carbonyl (C=O) groups is 1. The number of nitrogens with two attached hydrogens (primary N) is 1. The Morgan fingerprint density at radius 1 is 1.03 bits per heavy atom. The number of amides is 1. The Bertz CT molecular complexity index is 1030. The summed E-state index contributed by atoms with van der Waals surface area (Å²) in [6.45, 7) is 7.89. The average molecular weight is 459 g/mol. The molecule has 1 heterocycles. The summed E-state index contributed by atoms with van der Waals surface area (Å²) in [5, 5.41) is 0. The van der Waals surface area contributed by atoms with Crippen LogP contribution in [-0.4, -0.2) is 10.5 Å². The van der Waals surface area contributed by atoms with Crippen molar-refractivity contribution in [1.29, 1.82) is 0 Å². The van der Waals surface area contributed by atoms with Gasteiger partial charge >= 0.3 is 0 Å². The lowest BCUT2D eigenvalue weighted by atomic mass is 9.64. The molecule has 1 aliphatic rings. The number of rotatable bonds is 10. The Balaban J connectivity index is 1.60. The number of primary amides is 1. The fourth-order valence-corrected chi connectivity index (χ4v) is 6.10. The van der Waals surface area contributed by atoms with E-state index in [0.29, 0.717) is 6.04 Å². The molecule has 0 aliphatic heterocycles. The summed E-state index contributed by atoms with van der Waals surface area (Å²) in [6, 6.07) is 20.7. The molecule has 2 unspecified atom stereocenters. The monoisotopic (exact) mass is 458 g/mol. The Kier molecular flexibility index (Phi) is 7.55. The lowest BCUT2D eigenvalue weighted by Gasteiger charge is -2.37. The molecular formula is C30H40N3O+. The highest BCUT2D eigenvalue weighted by molar-refractivity contribution is 5.91. The van der Waals surface area contributed by atoms with Crippen LogP contribution in [0.25, 0.3) is 0 Å². The molecule has 2 atom stereocenters. The number of benzene rings is 2. The number of carbonyl (C=O) groups excluding carboxylic acids is 1. The number of unbranched alkanes of at least 4 members (excludes halogenated alkanes) is 1. The van der Waals surface area contributed by atoms with Crippen LogP contribution >= 0.6 is 0 Å². The number of hydrogen-bond acceptors (Lipinski definition) is 1. The lowest BCUT2D eigenvalue weighted by Crippen LogP contribution is -2.47. The van der Waals surface area contributed by atoms with Crippen molar-refractivity contribution >= 4 is 5.91 Å². The second-order valence-electron chi connectivity index (χ2n) is 10.4. The maximum absolute atomic E-state index is 13.3. The standard InChI is InChI=1S/C30H39N3O/c1-23(2)12-10-11-19-32-20-21-33(24(32)3)28-18-17-27(22-28)30(29(31)34,25-13-6-4-7-14-25)26-15-8-5-9-16-26/h4-9,13-16,20-21,23,27-28H,10-12,17-19,22H2,1-3H3,(H-,31,34)/p+1. The van der Waals surface area contributed by atoms with Gasteiger partial charge in [0.2, 0.25) is 5.91 Å². The van der Waals surface area contributed by atoms with Crippen LogP contribution in [0, 0.1) is 18.8 Å². The van der Waals surface area contributed by atoms with Gasteiger partial charge in [0.1, 0.15) is 23.9 Å². The molecule has 4 nitrogen and oxygen atoms in total. The summed E-state index contributed by atoms with van der Waals surface area (Å²) < 4.78 is 4.83. The predicted octanol–water partition coefficient (Wildman–Crippen LogP) is 5.72. The Labute approximate surface area is 204 Å². The second-order valence-corrected chi connectivity index (χ2v) is 10.4. The van der Waals surface area contributed by atoms with Gasteiger partial charge in [-0.05, 0) is 55.1 Å². The van der Waals surface area contributed by atoms with Gasteiger partial charge in [0, 0.05) is 6.92 Å². The molecule has 1 aromatic heterocycles. The fraction of sp³-hybridized carbons (Fsp3) is 0.467. The van der Waals surface area contributed by atoms with Gasteiger partial charge in [-0.15, -0.1) is 0 Å². The molecule has 4 heteroatoms. The van der Waals surface area contributed by atoms with Crippen molar-refractivity contribution in [2.45, 2.75) is 77.3 Å². The molecule has 1 fully saturated rings. The average Bonchev–Trinajstić information content (AvgIpc) is 3.45. The van der Waals surface area contributed by atoms with Crippen molar-refractivity contribution in [1.82, 2.24) is 4.57 Å². The zero-order valence-electron chi connectivity index (χ0n) is 21.0. The van der Waals surface area contributed by atoms with E-state index in [-0.39, 0.29) is 11.8 Å². The molecule has 180 valence electrons. The molecule has 1 aliphatic carbocycles. The summed E-state index contributed by atoms with van der Waals surface area (Å²) in [7, 11) is 0. The van der Waals surface area contributed by atoms with E-state index in [1.807, 2.05) is 36.4 Å². The van der Waals surface area contributed by atoms with Crippen LogP contribution < -0.4 is 10.3 Å². The maximum atomic E-state index is 13.3. The topological polar surface area (TPSA) is 51.9 Å². The second kappa shape index (κ2) is 10.6. The minimum Gasteiger partial charge on any atom is -0.369 e. The molecule has 0 radical (unpaired) electrons. The summed E-state index contributed by atoms with van der Waals surface area (Å²) >= 11 is 0. The molecule has 0 bridgehead atoms. The summed E-state index contributed by atoms with van der Waals surface area (Å²) in [4.78, 5) is 13.3. The number of imidazole rings is 1. The number of aryl methyl sites for hydroxylation is 1. The smallest absolute Gasteiger partial charge is 0.253 e. The van der Waals surface area contributed by atoms with E-state index >= 15 is 0 Å². The quantitative estimate of drug-likeness (QED) is 0.306. The van der Waals surface area contributed by atoms with Crippen LogP contribution in [0.3, 0.4) is 0 Å². The minimum atomic E-state index is -0.814. The van der Waals surface area contributed by atoms with Gasteiger partial charge in [-0.2, -0.15) is 0 Å². The van der Waals surface area contributed by atoms with E-state index in [9.17, 15) is 4.79 Å². The molecule has 2 aromatic carbocycles. The van der Waals surface area contributed by atoms with E-state index in [1.54, 1.807) is 0 Å². The number of hydrogen-bond donors (Lipinski definition) is 1. The Morgan fingerprint density at radius 2 is 1.65 bits per heavy atom. The highest BCUT2D eigenvalue weighted by Crippen LogP contribution is 2.49. The van der Waals surface area contributed by atoms with E-state index in [4.69, 9.17) is 5.73 Å². The summed E-state index contributed by atoms with van der Waals surface area (Å²) in [5.41, 5.74) is 7.47. The van der Waals surface area contributed by atoms with Gasteiger partial charge in [0.15, 0.2) is 0 Å². The summed E-state index contributed by atoms with van der Waals surface area (Å²) in [6.07, 6.45) is 11.2. The van der Waals surface area contributed by atoms with Gasteiger partial charge in [0.25, 0.3) is 5.82 Å². The third-order valence-electron chi connectivity index (χ3n) is 7.88. The third kappa shape index (κ3) is 4.68. The molecular weight excluding hydrogens is 418 g/mol. The minimum absolute atomic E-state index is 0.154. The molecule has 4 rings (SSSR count). The van der Waals surface area contributed by atoms with Crippen LogP contribution in [0.2, 0.25) is 0 Å². The van der Waals surface area contributed by atoms with E-state index in [2.05, 4.69) is 66.6 Å². The largest absolute Gasteiger partial charge is 0.369 e. The normalized spacial score (nSPS) is 18.5. The molecule has 1 saturated carbocycles. The third-order valence-corrected chi connectivity index (χ3v) is 7.88. The van der Waals surface area contributed by atoms with Crippen molar-refractivity contribution in [2.24, 2.45) is 17.6 Å². The van der Waals surface area contributed by atoms with Crippen molar-refractivity contribution in [3.63, 3.8) is 0 Å². The molecule has 34 heavy (non-hydrogen) atoms. The van der Waals surface area contributed by atoms with E-state index < -0.39 is 5.41 Å². The first-order valence-corrected chi connectivity index (χ1v) is 12.9. The van der Waals surface area contributed by atoms with Gasteiger partial charge in [-0.3, -0.25) is 4.79 Å². The van der Waals surface area contributed by atoms with E-state index in [0.717, 1.165) is 42.9 Å². The Morgan fingerprint density at radius 3 is 2.21 bits per heavy atom. The predicted molar refractivity (Wildman–Crippen MR) is 137 cm³/mol. The van der Waals surface area contributed by atoms with Gasteiger partial charge in [0.05, 0.1) is 6.54 Å². The maximum Gasteiger partial charge on any atom is 0.253 e. The van der Waals surface area contributed by atoms with Gasteiger partial charge in [-0.25, -0.2) is 9.13 Å². The van der Waals surface area contributed by atoms with Gasteiger partial charge < -0.3 is 5.73 Å². The van der Waals surface area contributed by atoms with Crippen molar-refractivity contribution in [3.05, 3.63) is 90.0 Å². The SMILES string of the molecule is Cc1n(C2CCC(C(C(N)=O)(c3ccccc3)c3ccccc3)C2)cc[n+]1CCCCC(C)C. The highest BCUT2D eigenvalue weighted by Gasteiger charge is 2.51. The van der Waals surface area contributed by atoms with Crippen LogP contribution in [0.4, 0.5) is 0 Å². The van der Waals surface area contributed by atoms with Crippen LogP contribution in [0.1, 0.15) is 75.4 Å². The fourth-order valence-electron chi connectivity index (χ4n) is 6.10. The zero-order chi connectivity index (χ0) is 24.1. The molecule has 1 amide bonds. The molecule has 0 spiro atoms. The first-order chi connectivity index (χ1) is 16.4. The van der Waals surface area contributed by atoms with Crippen molar-refractivity contribution in [2.75, 3.05) is 0 Å². The van der Waals surface area contributed by atoms with Crippen LogP contribution in [0.5, 0.6) is 0 Å².